The molecule has 0 unspecified atom stereocenters. The highest BCUT2D eigenvalue weighted by atomic mass is 32.2. The minimum atomic E-state index is -0.210. The zero-order chi connectivity index (χ0) is 22.6. The highest BCUT2D eigenvalue weighted by molar-refractivity contribution is 8.04. The monoisotopic (exact) mass is 455 g/mol. The van der Waals surface area contributed by atoms with Gasteiger partial charge in [0.25, 0.3) is 11.8 Å². The molecular formula is C27H25N3O2S. The number of para-hydroxylation sites is 1. The lowest BCUT2D eigenvalue weighted by atomic mass is 10.2. The first kappa shape index (κ1) is 21.3. The summed E-state index contributed by atoms with van der Waals surface area (Å²) in [6.07, 6.45) is 0. The van der Waals surface area contributed by atoms with Gasteiger partial charge in [0.1, 0.15) is 10.6 Å². The largest absolute Gasteiger partial charge is 0.368 e. The molecule has 6 heteroatoms. The topological polar surface area (TPSA) is 43.9 Å². The second kappa shape index (κ2) is 9.55. The molecule has 1 fully saturated rings. The summed E-state index contributed by atoms with van der Waals surface area (Å²) in [6.45, 7) is 3.28. The van der Waals surface area contributed by atoms with Crippen molar-refractivity contribution < 1.29 is 9.59 Å². The molecule has 0 bridgehead atoms. The van der Waals surface area contributed by atoms with Crippen molar-refractivity contribution in [1.82, 2.24) is 9.80 Å². The Balaban J connectivity index is 1.41. The first-order chi connectivity index (χ1) is 16.2. The van der Waals surface area contributed by atoms with Gasteiger partial charge in [0.2, 0.25) is 0 Å². The van der Waals surface area contributed by atoms with Gasteiger partial charge < -0.3 is 9.80 Å². The number of amides is 2. The molecule has 3 aromatic rings. The minimum absolute atomic E-state index is 0.199. The Morgan fingerprint density at radius 1 is 0.636 bits per heavy atom. The third kappa shape index (κ3) is 4.52. The molecule has 0 N–H and O–H groups in total. The average Bonchev–Trinajstić information content (AvgIpc) is 3.10. The van der Waals surface area contributed by atoms with Crippen molar-refractivity contribution in [3.8, 4) is 0 Å². The molecule has 0 radical (unpaired) electrons. The summed E-state index contributed by atoms with van der Waals surface area (Å²) in [5.74, 6) is -0.409. The molecule has 0 aromatic heterocycles. The molecule has 1 saturated heterocycles. The fraction of sp³-hybridized carbons (Fsp3) is 0.185. The first-order valence-electron chi connectivity index (χ1n) is 11.1. The number of nitrogens with zero attached hydrogens (tertiary/aromatic N) is 3. The molecule has 2 heterocycles. The summed E-state index contributed by atoms with van der Waals surface area (Å²) >= 11 is 1.39. The number of carbonyl (C=O) groups is 2. The van der Waals surface area contributed by atoms with Crippen molar-refractivity contribution in [2.24, 2.45) is 0 Å². The van der Waals surface area contributed by atoms with Crippen molar-refractivity contribution in [2.45, 2.75) is 11.4 Å². The second-order valence-corrected chi connectivity index (χ2v) is 9.17. The van der Waals surface area contributed by atoms with Crippen LogP contribution < -0.4 is 4.90 Å². The molecule has 166 valence electrons. The summed E-state index contributed by atoms with van der Waals surface area (Å²) in [7, 11) is 0. The van der Waals surface area contributed by atoms with E-state index in [0.29, 0.717) is 23.7 Å². The lowest BCUT2D eigenvalue weighted by molar-refractivity contribution is -0.138. The van der Waals surface area contributed by atoms with Crippen molar-refractivity contribution in [2.75, 3.05) is 31.1 Å². The lowest BCUT2D eigenvalue weighted by Crippen LogP contribution is -2.47. The molecule has 33 heavy (non-hydrogen) atoms. The summed E-state index contributed by atoms with van der Waals surface area (Å²) < 4.78 is 0. The van der Waals surface area contributed by atoms with E-state index in [0.717, 1.165) is 23.5 Å². The van der Waals surface area contributed by atoms with E-state index in [-0.39, 0.29) is 18.4 Å². The van der Waals surface area contributed by atoms with Gasteiger partial charge >= 0.3 is 0 Å². The van der Waals surface area contributed by atoms with Crippen LogP contribution in [0.25, 0.3) is 0 Å². The Labute approximate surface area is 198 Å². The van der Waals surface area contributed by atoms with Gasteiger partial charge in [-0.05, 0) is 29.8 Å². The van der Waals surface area contributed by atoms with Crippen molar-refractivity contribution in [1.29, 1.82) is 0 Å². The van der Waals surface area contributed by atoms with Crippen LogP contribution in [0.3, 0.4) is 0 Å². The van der Waals surface area contributed by atoms with Crippen LogP contribution in [-0.4, -0.2) is 47.8 Å². The normalized spacial score (nSPS) is 16.7. The van der Waals surface area contributed by atoms with Gasteiger partial charge in [0, 0.05) is 36.8 Å². The Kier molecular flexibility index (Phi) is 6.17. The summed E-state index contributed by atoms with van der Waals surface area (Å²) in [4.78, 5) is 34.3. The predicted molar refractivity (Wildman–Crippen MR) is 132 cm³/mol. The van der Waals surface area contributed by atoms with E-state index in [9.17, 15) is 9.59 Å². The number of hydrogen-bond donors (Lipinski definition) is 0. The molecule has 2 amide bonds. The minimum Gasteiger partial charge on any atom is -0.368 e. The first-order valence-corrected chi connectivity index (χ1v) is 11.9. The Hall–Kier alpha value is -3.51. The number of piperazine rings is 1. The number of anilines is 1. The fourth-order valence-corrected chi connectivity index (χ4v) is 5.29. The van der Waals surface area contributed by atoms with Crippen LogP contribution in [0.1, 0.15) is 5.56 Å². The maximum absolute atomic E-state index is 13.6. The summed E-state index contributed by atoms with van der Waals surface area (Å²) in [5.41, 5.74) is 2.67. The summed E-state index contributed by atoms with van der Waals surface area (Å²) in [5, 5.41) is 0. The molecule has 2 aliphatic rings. The van der Waals surface area contributed by atoms with Gasteiger partial charge in [-0.3, -0.25) is 14.5 Å². The van der Waals surface area contributed by atoms with E-state index < -0.39 is 0 Å². The van der Waals surface area contributed by atoms with Crippen LogP contribution in [0.15, 0.2) is 106 Å². The van der Waals surface area contributed by atoms with Gasteiger partial charge in [0.15, 0.2) is 0 Å². The third-order valence-electron chi connectivity index (χ3n) is 5.97. The standard InChI is InChI=1S/C27H25N3O2S/c31-26-24(29-18-16-28(17-19-29)22-12-6-2-7-13-22)25(33-23-14-8-3-9-15-23)27(32)30(26)20-21-10-4-1-5-11-21/h1-15H,16-20H2. The predicted octanol–water partition coefficient (Wildman–Crippen LogP) is 4.38. The second-order valence-electron chi connectivity index (χ2n) is 8.08. The molecule has 3 aromatic carbocycles. The van der Waals surface area contributed by atoms with E-state index in [2.05, 4.69) is 21.9 Å². The molecule has 0 atom stereocenters. The van der Waals surface area contributed by atoms with Crippen LogP contribution in [0, 0.1) is 0 Å². The number of hydrogen-bond acceptors (Lipinski definition) is 5. The average molecular weight is 456 g/mol. The van der Waals surface area contributed by atoms with Gasteiger partial charge in [0.05, 0.1) is 6.54 Å². The van der Waals surface area contributed by atoms with Crippen LogP contribution in [-0.2, 0) is 16.1 Å². The highest BCUT2D eigenvalue weighted by Gasteiger charge is 2.42. The molecule has 0 saturated carbocycles. The smallest absolute Gasteiger partial charge is 0.278 e. The van der Waals surface area contributed by atoms with Crippen LogP contribution in [0.4, 0.5) is 5.69 Å². The molecule has 5 nitrogen and oxygen atoms in total. The summed E-state index contributed by atoms with van der Waals surface area (Å²) in [6, 6.07) is 29.8. The van der Waals surface area contributed by atoms with Crippen LogP contribution in [0.2, 0.25) is 0 Å². The highest BCUT2D eigenvalue weighted by Crippen LogP contribution is 2.37. The van der Waals surface area contributed by atoms with Crippen LogP contribution >= 0.6 is 11.8 Å². The third-order valence-corrected chi connectivity index (χ3v) is 7.05. The lowest BCUT2D eigenvalue weighted by Gasteiger charge is -2.37. The van der Waals surface area contributed by atoms with E-state index in [4.69, 9.17) is 0 Å². The SMILES string of the molecule is O=C1C(Sc2ccccc2)=C(N2CCN(c3ccccc3)CC2)C(=O)N1Cc1ccccc1. The number of benzene rings is 3. The Bertz CT molecular complexity index is 1160. The molecule has 2 aliphatic heterocycles. The van der Waals surface area contributed by atoms with Crippen molar-refractivity contribution in [3.05, 3.63) is 107 Å². The molecular weight excluding hydrogens is 430 g/mol. The van der Waals surface area contributed by atoms with Gasteiger partial charge in [-0.15, -0.1) is 0 Å². The van der Waals surface area contributed by atoms with Gasteiger partial charge in [-0.2, -0.15) is 0 Å². The Morgan fingerprint density at radius 3 is 1.82 bits per heavy atom. The number of thioether (sulfide) groups is 1. The quantitative estimate of drug-likeness (QED) is 0.516. The number of imide groups is 1. The fourth-order valence-electron chi connectivity index (χ4n) is 4.25. The van der Waals surface area contributed by atoms with Crippen molar-refractivity contribution in [3.63, 3.8) is 0 Å². The van der Waals surface area contributed by atoms with Gasteiger partial charge in [-0.25, -0.2) is 0 Å². The van der Waals surface area contributed by atoms with Gasteiger partial charge in [-0.1, -0.05) is 78.5 Å². The van der Waals surface area contributed by atoms with E-state index in [1.807, 2.05) is 78.9 Å². The zero-order valence-corrected chi connectivity index (χ0v) is 19.1. The molecule has 0 aliphatic carbocycles. The van der Waals surface area contributed by atoms with Crippen molar-refractivity contribution >= 4 is 29.3 Å². The van der Waals surface area contributed by atoms with E-state index in [1.165, 1.54) is 22.3 Å². The molecule has 5 rings (SSSR count). The van der Waals surface area contributed by atoms with E-state index in [1.54, 1.807) is 0 Å². The van der Waals surface area contributed by atoms with E-state index >= 15 is 0 Å². The zero-order valence-electron chi connectivity index (χ0n) is 18.3. The maximum atomic E-state index is 13.6. The Morgan fingerprint density at radius 2 is 1.18 bits per heavy atom. The molecule has 0 spiro atoms. The van der Waals surface area contributed by atoms with Crippen LogP contribution in [0.5, 0.6) is 0 Å². The number of rotatable bonds is 6. The maximum Gasteiger partial charge on any atom is 0.278 e. The number of carbonyl (C=O) groups excluding carboxylic acids is 2.